The number of amides is 2. The molecule has 1 aliphatic heterocycles. The van der Waals surface area contributed by atoms with E-state index in [0.717, 1.165) is 19.5 Å². The topological polar surface area (TPSA) is 71.1 Å². The van der Waals surface area contributed by atoms with Crippen molar-refractivity contribution in [3.63, 3.8) is 0 Å². The maximum absolute atomic E-state index is 13.4. The normalized spacial score (nSPS) is 21.9. The van der Waals surface area contributed by atoms with E-state index in [1.807, 2.05) is 13.0 Å². The zero-order valence-electron chi connectivity index (χ0n) is 21.6. The first-order valence-electron chi connectivity index (χ1n) is 12.4. The molecule has 35 heavy (non-hydrogen) atoms. The molecular formula is C28H39N3O4. The fraction of sp³-hybridized carbons (Fsp3) is 0.500. The minimum absolute atomic E-state index is 0.0687. The average molecular weight is 482 g/mol. The van der Waals surface area contributed by atoms with Gasteiger partial charge >= 0.3 is 0 Å². The fourth-order valence-electron chi connectivity index (χ4n) is 4.42. The molecule has 0 unspecified atom stereocenters. The van der Waals surface area contributed by atoms with Crippen molar-refractivity contribution in [2.24, 2.45) is 5.92 Å². The third-order valence-corrected chi connectivity index (χ3v) is 6.56. The number of hydrogen-bond acceptors (Lipinski definition) is 5. The van der Waals surface area contributed by atoms with Crippen LogP contribution >= 0.6 is 0 Å². The van der Waals surface area contributed by atoms with Gasteiger partial charge < -0.3 is 19.7 Å². The summed E-state index contributed by atoms with van der Waals surface area (Å²) >= 11 is 0. The maximum atomic E-state index is 13.4. The van der Waals surface area contributed by atoms with Crippen LogP contribution in [-0.2, 0) is 16.1 Å². The molecule has 2 aromatic carbocycles. The van der Waals surface area contributed by atoms with Gasteiger partial charge in [-0.1, -0.05) is 44.2 Å². The van der Waals surface area contributed by atoms with Gasteiger partial charge in [-0.25, -0.2) is 0 Å². The second-order valence-electron chi connectivity index (χ2n) is 9.52. The Labute approximate surface area is 209 Å². The maximum Gasteiger partial charge on any atom is 0.257 e. The highest BCUT2D eigenvalue weighted by Crippen LogP contribution is 2.27. The number of hydrogen-bond donors (Lipinski definition) is 1. The predicted octanol–water partition coefficient (Wildman–Crippen LogP) is 4.43. The number of benzene rings is 2. The Morgan fingerprint density at radius 2 is 1.89 bits per heavy atom. The van der Waals surface area contributed by atoms with E-state index in [2.05, 4.69) is 48.3 Å². The summed E-state index contributed by atoms with van der Waals surface area (Å²) in [7, 11) is 3.48. The van der Waals surface area contributed by atoms with E-state index < -0.39 is 0 Å². The monoisotopic (exact) mass is 481 g/mol. The highest BCUT2D eigenvalue weighted by Gasteiger charge is 2.28. The molecule has 0 spiro atoms. The Morgan fingerprint density at radius 3 is 2.57 bits per heavy atom. The highest BCUT2D eigenvalue weighted by atomic mass is 16.5. The van der Waals surface area contributed by atoms with Gasteiger partial charge in [0.25, 0.3) is 5.91 Å². The van der Waals surface area contributed by atoms with Crippen LogP contribution in [0.15, 0.2) is 48.5 Å². The van der Waals surface area contributed by atoms with E-state index >= 15 is 0 Å². The summed E-state index contributed by atoms with van der Waals surface area (Å²) < 4.78 is 12.1. The van der Waals surface area contributed by atoms with Crippen molar-refractivity contribution >= 4 is 17.5 Å². The average Bonchev–Trinajstić information content (AvgIpc) is 2.85. The van der Waals surface area contributed by atoms with Gasteiger partial charge in [-0.15, -0.1) is 0 Å². The number of rotatable bonds is 6. The summed E-state index contributed by atoms with van der Waals surface area (Å²) in [6.45, 7) is 8.78. The van der Waals surface area contributed by atoms with Crippen LogP contribution in [0.4, 0.5) is 5.69 Å². The molecule has 0 saturated heterocycles. The van der Waals surface area contributed by atoms with Crippen molar-refractivity contribution < 1.29 is 19.1 Å². The van der Waals surface area contributed by atoms with Gasteiger partial charge in [-0.2, -0.15) is 0 Å². The molecular weight excluding hydrogens is 442 g/mol. The molecule has 190 valence electrons. The summed E-state index contributed by atoms with van der Waals surface area (Å²) in [5.41, 5.74) is 2.27. The lowest BCUT2D eigenvalue weighted by molar-refractivity contribution is -0.116. The number of likely N-dealkylation sites (N-methyl/N-ethyl adjacent to an activating group) is 1. The van der Waals surface area contributed by atoms with Crippen LogP contribution in [0.3, 0.4) is 0 Å². The smallest absolute Gasteiger partial charge is 0.257 e. The van der Waals surface area contributed by atoms with Gasteiger partial charge in [0, 0.05) is 51.9 Å². The number of carbonyl (C=O) groups is 2. The second kappa shape index (κ2) is 12.7. The number of anilines is 1. The first-order chi connectivity index (χ1) is 16.8. The molecule has 2 aromatic rings. The van der Waals surface area contributed by atoms with Gasteiger partial charge in [-0.05, 0) is 43.0 Å². The van der Waals surface area contributed by atoms with Crippen molar-refractivity contribution in [1.29, 1.82) is 0 Å². The molecule has 7 heteroatoms. The minimum atomic E-state index is -0.157. The first-order valence-corrected chi connectivity index (χ1v) is 12.4. The van der Waals surface area contributed by atoms with Crippen LogP contribution in [0.25, 0.3) is 0 Å². The van der Waals surface area contributed by atoms with Crippen molar-refractivity contribution in [2.45, 2.75) is 52.3 Å². The van der Waals surface area contributed by atoms with Crippen LogP contribution in [0, 0.1) is 5.92 Å². The first kappa shape index (κ1) is 26.7. The molecule has 1 N–H and O–H groups in total. The minimum Gasteiger partial charge on any atom is -0.491 e. The lowest BCUT2D eigenvalue weighted by atomic mass is 10.0. The van der Waals surface area contributed by atoms with Crippen molar-refractivity contribution in [2.75, 3.05) is 39.2 Å². The van der Waals surface area contributed by atoms with Gasteiger partial charge in [0.2, 0.25) is 5.91 Å². The van der Waals surface area contributed by atoms with E-state index in [1.54, 1.807) is 37.3 Å². The van der Waals surface area contributed by atoms with Gasteiger partial charge in [-0.3, -0.25) is 14.5 Å². The Balaban J connectivity index is 1.92. The Hall–Kier alpha value is -2.90. The van der Waals surface area contributed by atoms with Gasteiger partial charge in [0.15, 0.2) is 0 Å². The van der Waals surface area contributed by atoms with E-state index in [1.165, 1.54) is 5.56 Å². The molecule has 3 atom stereocenters. The quantitative estimate of drug-likeness (QED) is 0.661. The second-order valence-corrected chi connectivity index (χ2v) is 9.52. The SMILES string of the molecule is CCCC(=O)Nc1ccc2c(c1)C(=O)N(C)C[C@H](OC)[C@H](C)CN(Cc1ccccc1)[C@@H](C)CO2. The number of methoxy groups -OCH3 is 1. The third-order valence-electron chi connectivity index (χ3n) is 6.56. The van der Waals surface area contributed by atoms with Crippen LogP contribution in [-0.4, -0.2) is 67.6 Å². The largest absolute Gasteiger partial charge is 0.491 e. The molecule has 2 amide bonds. The molecule has 0 radical (unpaired) electrons. The summed E-state index contributed by atoms with van der Waals surface area (Å²) in [6.07, 6.45) is 1.07. The Bertz CT molecular complexity index is 981. The van der Waals surface area contributed by atoms with Crippen molar-refractivity contribution in [1.82, 2.24) is 9.80 Å². The fourth-order valence-corrected chi connectivity index (χ4v) is 4.42. The molecule has 0 saturated carbocycles. The van der Waals surface area contributed by atoms with Crippen molar-refractivity contribution in [3.05, 3.63) is 59.7 Å². The lowest BCUT2D eigenvalue weighted by Crippen LogP contribution is -2.46. The molecule has 0 aliphatic carbocycles. The van der Waals surface area contributed by atoms with Crippen molar-refractivity contribution in [3.8, 4) is 5.75 Å². The molecule has 7 nitrogen and oxygen atoms in total. The summed E-state index contributed by atoms with van der Waals surface area (Å²) in [5, 5.41) is 2.89. The number of nitrogens with zero attached hydrogens (tertiary/aromatic N) is 2. The van der Waals surface area contributed by atoms with E-state index in [-0.39, 0.29) is 29.9 Å². The molecule has 1 aliphatic rings. The summed E-state index contributed by atoms with van der Waals surface area (Å²) in [4.78, 5) is 29.6. The van der Waals surface area contributed by atoms with Gasteiger partial charge in [0.1, 0.15) is 12.4 Å². The highest BCUT2D eigenvalue weighted by molar-refractivity contribution is 5.99. The zero-order valence-corrected chi connectivity index (χ0v) is 21.6. The van der Waals surface area contributed by atoms with E-state index in [0.29, 0.717) is 36.6 Å². The number of nitrogens with one attached hydrogen (secondary N) is 1. The van der Waals surface area contributed by atoms with Crippen LogP contribution < -0.4 is 10.1 Å². The lowest BCUT2D eigenvalue weighted by Gasteiger charge is -2.36. The van der Waals surface area contributed by atoms with Crippen LogP contribution in [0.1, 0.15) is 49.5 Å². The zero-order chi connectivity index (χ0) is 25.4. The summed E-state index contributed by atoms with van der Waals surface area (Å²) in [5.74, 6) is 0.486. The number of carbonyl (C=O) groups excluding carboxylic acids is 2. The number of ether oxygens (including phenoxy) is 2. The Kier molecular flexibility index (Phi) is 9.69. The van der Waals surface area contributed by atoms with Crippen LogP contribution in [0.5, 0.6) is 5.75 Å². The molecule has 1 heterocycles. The molecule has 0 aromatic heterocycles. The van der Waals surface area contributed by atoms with E-state index in [9.17, 15) is 9.59 Å². The summed E-state index contributed by atoms with van der Waals surface area (Å²) in [6, 6.07) is 15.8. The van der Waals surface area contributed by atoms with Gasteiger partial charge in [0.05, 0.1) is 11.7 Å². The Morgan fingerprint density at radius 1 is 1.14 bits per heavy atom. The molecule has 3 rings (SSSR count). The number of fused-ring (bicyclic) bond motifs is 1. The molecule has 0 fully saturated rings. The standard InChI is InChI=1S/C28H39N3O4/c1-6-10-27(32)29-23-13-14-25-24(15-23)28(33)30(4)18-26(34-5)20(2)16-31(21(3)19-35-25)17-22-11-8-7-9-12-22/h7-9,11-15,20-21,26H,6,10,16-19H2,1-5H3,(H,29,32)/t20-,21+,26+/m1/s1. The predicted molar refractivity (Wildman–Crippen MR) is 139 cm³/mol. The molecule has 0 bridgehead atoms. The third kappa shape index (κ3) is 7.29. The van der Waals surface area contributed by atoms with Crippen LogP contribution in [0.2, 0.25) is 0 Å². The van der Waals surface area contributed by atoms with E-state index in [4.69, 9.17) is 9.47 Å².